The van der Waals surface area contributed by atoms with Crippen molar-refractivity contribution in [3.63, 3.8) is 0 Å². The summed E-state index contributed by atoms with van der Waals surface area (Å²) < 4.78 is 6.04. The summed E-state index contributed by atoms with van der Waals surface area (Å²) in [7, 11) is 0. The highest BCUT2D eigenvalue weighted by molar-refractivity contribution is 8.00. The van der Waals surface area contributed by atoms with Gasteiger partial charge in [-0.2, -0.15) is 0 Å². The summed E-state index contributed by atoms with van der Waals surface area (Å²) in [6.07, 6.45) is 4.41. The molecule has 102 valence electrons. The number of carbonyl (C=O) groups is 1. The zero-order valence-corrected chi connectivity index (χ0v) is 12.5. The number of esters is 1. The van der Waals surface area contributed by atoms with E-state index in [1.54, 1.807) is 36.9 Å². The average molecular weight is 288 g/mol. The number of hydrogen-bond donors (Lipinski definition) is 1. The molecule has 0 radical (unpaired) electrons. The molecule has 4 nitrogen and oxygen atoms in total. The van der Waals surface area contributed by atoms with Crippen LogP contribution in [0.2, 0.25) is 0 Å². The molecule has 1 unspecified atom stereocenters. The molecule has 0 fully saturated rings. The van der Waals surface area contributed by atoms with Crippen LogP contribution in [0.1, 0.15) is 33.1 Å². The monoisotopic (exact) mass is 288 g/mol. The van der Waals surface area contributed by atoms with Gasteiger partial charge in [0.1, 0.15) is 9.88 Å². The van der Waals surface area contributed by atoms with Crippen LogP contribution in [0.3, 0.4) is 0 Å². The van der Waals surface area contributed by atoms with Crippen LogP contribution in [0.25, 0.3) is 0 Å². The van der Waals surface area contributed by atoms with Gasteiger partial charge >= 0.3 is 5.97 Å². The van der Waals surface area contributed by atoms with Gasteiger partial charge in [-0.3, -0.25) is 4.79 Å². The molecule has 1 heterocycles. The molecule has 0 bridgehead atoms. The summed E-state index contributed by atoms with van der Waals surface area (Å²) in [5.74, 6) is 0.699. The van der Waals surface area contributed by atoms with Crippen molar-refractivity contribution in [2.45, 2.75) is 43.0 Å². The first kappa shape index (κ1) is 15.5. The molecule has 0 aliphatic carbocycles. The number of rotatable bonds is 8. The van der Waals surface area contributed by atoms with Crippen LogP contribution in [0.15, 0.2) is 15.9 Å². The fourth-order valence-electron chi connectivity index (χ4n) is 1.43. The topological polar surface area (TPSA) is 65.2 Å². The first-order valence-corrected chi connectivity index (χ1v) is 7.91. The highest BCUT2D eigenvalue weighted by atomic mass is 32.2. The van der Waals surface area contributed by atoms with E-state index in [1.807, 2.05) is 11.6 Å². The lowest BCUT2D eigenvalue weighted by atomic mass is 9.96. The lowest BCUT2D eigenvalue weighted by molar-refractivity contribution is -0.149. The Morgan fingerprint density at radius 3 is 3.00 bits per heavy atom. The summed E-state index contributed by atoms with van der Waals surface area (Å²) >= 11 is 3.40. The van der Waals surface area contributed by atoms with Crippen LogP contribution in [0.5, 0.6) is 0 Å². The second-order valence-corrected chi connectivity index (χ2v) is 6.48. The van der Waals surface area contributed by atoms with Crippen molar-refractivity contribution >= 4 is 29.1 Å². The number of nitrogens with two attached hydrogens (primary N) is 1. The number of nitrogens with zero attached hydrogens (tertiary/aromatic N) is 1. The van der Waals surface area contributed by atoms with Crippen LogP contribution < -0.4 is 5.73 Å². The van der Waals surface area contributed by atoms with Gasteiger partial charge in [0.25, 0.3) is 0 Å². The van der Waals surface area contributed by atoms with E-state index in [4.69, 9.17) is 10.5 Å². The Hall–Kier alpha value is -0.590. The third-order valence-electron chi connectivity index (χ3n) is 2.47. The van der Waals surface area contributed by atoms with Crippen LogP contribution in [0, 0.1) is 0 Å². The number of aromatic nitrogens is 1. The Morgan fingerprint density at radius 2 is 2.39 bits per heavy atom. The van der Waals surface area contributed by atoms with Crippen LogP contribution in [0.4, 0.5) is 0 Å². The number of hydrogen-bond acceptors (Lipinski definition) is 6. The lowest BCUT2D eigenvalue weighted by Gasteiger charge is -2.21. The summed E-state index contributed by atoms with van der Waals surface area (Å²) in [4.78, 5) is 15.8. The number of ether oxygens (including phenoxy) is 1. The molecule has 0 amide bonds. The predicted molar refractivity (Wildman–Crippen MR) is 75.9 cm³/mol. The number of thioether (sulfide) groups is 1. The molecule has 2 N–H and O–H groups in total. The van der Waals surface area contributed by atoms with E-state index in [9.17, 15) is 4.79 Å². The largest absolute Gasteiger partial charge is 0.465 e. The molecule has 0 aromatic carbocycles. The first-order chi connectivity index (χ1) is 8.56. The molecule has 18 heavy (non-hydrogen) atoms. The molecule has 0 saturated carbocycles. The Labute approximate surface area is 116 Å². The van der Waals surface area contributed by atoms with Crippen molar-refractivity contribution in [3.05, 3.63) is 11.6 Å². The van der Waals surface area contributed by atoms with Gasteiger partial charge in [0.2, 0.25) is 0 Å². The van der Waals surface area contributed by atoms with E-state index in [1.165, 1.54) is 0 Å². The first-order valence-electron chi connectivity index (χ1n) is 6.04. The molecule has 6 heteroatoms. The van der Waals surface area contributed by atoms with E-state index in [0.717, 1.165) is 22.9 Å². The molecule has 1 atom stereocenters. The van der Waals surface area contributed by atoms with Crippen LogP contribution in [-0.2, 0) is 9.53 Å². The molecule has 0 saturated heterocycles. The smallest absolute Gasteiger partial charge is 0.325 e. The Kier molecular flexibility index (Phi) is 6.67. The third-order valence-corrected chi connectivity index (χ3v) is 4.52. The SMILES string of the molecule is CCOC(=O)C(C)(N)CCCCSc1nccs1. The van der Waals surface area contributed by atoms with Crippen LogP contribution in [-0.4, -0.2) is 28.9 Å². The van der Waals surface area contributed by atoms with E-state index in [2.05, 4.69) is 4.98 Å². The fourth-order valence-corrected chi connectivity index (χ4v) is 3.14. The third kappa shape index (κ3) is 5.37. The van der Waals surface area contributed by atoms with Crippen molar-refractivity contribution in [1.29, 1.82) is 0 Å². The molecule has 1 aromatic rings. The number of carbonyl (C=O) groups excluding carboxylic acids is 1. The zero-order valence-electron chi connectivity index (χ0n) is 10.8. The molecular formula is C12H20N2O2S2. The molecular weight excluding hydrogens is 268 g/mol. The van der Waals surface area contributed by atoms with Crippen molar-refractivity contribution in [2.75, 3.05) is 12.4 Å². The second-order valence-electron chi connectivity index (χ2n) is 4.24. The van der Waals surface area contributed by atoms with Gasteiger partial charge < -0.3 is 10.5 Å². The normalized spacial score (nSPS) is 14.2. The quantitative estimate of drug-likeness (QED) is 0.452. The maximum absolute atomic E-state index is 11.6. The molecule has 1 aromatic heterocycles. The van der Waals surface area contributed by atoms with Crippen molar-refractivity contribution in [2.24, 2.45) is 5.73 Å². The molecule has 0 aliphatic rings. The van der Waals surface area contributed by atoms with E-state index < -0.39 is 5.54 Å². The van der Waals surface area contributed by atoms with Gasteiger partial charge in [-0.25, -0.2) is 4.98 Å². The maximum atomic E-state index is 11.6. The fraction of sp³-hybridized carbons (Fsp3) is 0.667. The second kappa shape index (κ2) is 7.76. The summed E-state index contributed by atoms with van der Waals surface area (Å²) in [6.45, 7) is 3.91. The minimum atomic E-state index is -0.859. The standard InChI is InChI=1S/C12H20N2O2S2/c1-3-16-10(15)12(2,13)6-4-5-8-17-11-14-7-9-18-11/h7,9H,3-6,8,13H2,1-2H3. The Bertz CT molecular complexity index is 353. The Morgan fingerprint density at radius 1 is 1.61 bits per heavy atom. The number of thiazole rings is 1. The van der Waals surface area contributed by atoms with E-state index >= 15 is 0 Å². The van der Waals surface area contributed by atoms with Crippen molar-refractivity contribution < 1.29 is 9.53 Å². The minimum absolute atomic E-state index is 0.308. The highest BCUT2D eigenvalue weighted by Gasteiger charge is 2.28. The average Bonchev–Trinajstić information content (AvgIpc) is 2.82. The minimum Gasteiger partial charge on any atom is -0.465 e. The molecule has 0 aliphatic heterocycles. The zero-order chi connectivity index (χ0) is 13.4. The van der Waals surface area contributed by atoms with Gasteiger partial charge in [-0.15, -0.1) is 11.3 Å². The van der Waals surface area contributed by atoms with E-state index in [-0.39, 0.29) is 5.97 Å². The summed E-state index contributed by atoms with van der Waals surface area (Å²) in [6, 6.07) is 0. The summed E-state index contributed by atoms with van der Waals surface area (Å²) in [5, 5.41) is 1.97. The van der Waals surface area contributed by atoms with Crippen molar-refractivity contribution in [1.82, 2.24) is 4.98 Å². The predicted octanol–water partition coefficient (Wildman–Crippen LogP) is 2.69. The van der Waals surface area contributed by atoms with Gasteiger partial charge in [0.15, 0.2) is 0 Å². The van der Waals surface area contributed by atoms with Gasteiger partial charge in [-0.05, 0) is 26.7 Å². The van der Waals surface area contributed by atoms with E-state index in [0.29, 0.717) is 13.0 Å². The van der Waals surface area contributed by atoms with Gasteiger partial charge in [-0.1, -0.05) is 18.2 Å². The Balaban J connectivity index is 2.14. The van der Waals surface area contributed by atoms with Gasteiger partial charge in [0, 0.05) is 17.3 Å². The maximum Gasteiger partial charge on any atom is 0.325 e. The summed E-state index contributed by atoms with van der Waals surface area (Å²) in [5.41, 5.74) is 5.07. The number of unbranched alkanes of at least 4 members (excludes halogenated alkanes) is 1. The lowest BCUT2D eigenvalue weighted by Crippen LogP contribution is -2.46. The van der Waals surface area contributed by atoms with Crippen molar-refractivity contribution in [3.8, 4) is 0 Å². The van der Waals surface area contributed by atoms with Crippen LogP contribution >= 0.6 is 23.1 Å². The van der Waals surface area contributed by atoms with Gasteiger partial charge in [0.05, 0.1) is 6.61 Å². The molecule has 0 spiro atoms. The highest BCUT2D eigenvalue weighted by Crippen LogP contribution is 2.22. The molecule has 1 rings (SSSR count).